The van der Waals surface area contributed by atoms with E-state index >= 15 is 0 Å². The monoisotopic (exact) mass is 413 g/mol. The van der Waals surface area contributed by atoms with Crippen LogP contribution in [0.15, 0.2) is 47.4 Å². The van der Waals surface area contributed by atoms with Crippen LogP contribution in [0.2, 0.25) is 0 Å². The number of aryl methyl sites for hydroxylation is 2. The van der Waals surface area contributed by atoms with Crippen molar-refractivity contribution < 1.29 is 14.3 Å². The van der Waals surface area contributed by atoms with Gasteiger partial charge in [0.2, 0.25) is 0 Å². The van der Waals surface area contributed by atoms with E-state index in [9.17, 15) is 4.79 Å². The molecular weight excluding hydrogens is 390 g/mol. The third kappa shape index (κ3) is 4.94. The minimum Gasteiger partial charge on any atom is -0.493 e. The average molecular weight is 414 g/mol. The van der Waals surface area contributed by atoms with Crippen molar-refractivity contribution in [3.05, 3.63) is 64.1 Å². The Balaban J connectivity index is 1.55. The van der Waals surface area contributed by atoms with Crippen LogP contribution in [0.25, 0.3) is 6.08 Å². The quantitative estimate of drug-likeness (QED) is 0.364. The first kappa shape index (κ1) is 20.4. The van der Waals surface area contributed by atoms with Gasteiger partial charge in [0.25, 0.3) is 5.91 Å². The maximum absolute atomic E-state index is 12.2. The Morgan fingerprint density at radius 3 is 2.54 bits per heavy atom. The summed E-state index contributed by atoms with van der Waals surface area (Å²) in [6.07, 6.45) is 2.60. The molecule has 0 radical (unpaired) electrons. The van der Waals surface area contributed by atoms with Crippen LogP contribution in [-0.4, -0.2) is 35.4 Å². The second-order valence-corrected chi connectivity index (χ2v) is 8.25. The molecular formula is C22H23NO3S2. The first-order chi connectivity index (χ1) is 13.5. The second-order valence-electron chi connectivity index (χ2n) is 6.58. The fourth-order valence-corrected chi connectivity index (χ4v) is 3.82. The van der Waals surface area contributed by atoms with Gasteiger partial charge in [0.1, 0.15) is 15.8 Å². The van der Waals surface area contributed by atoms with Gasteiger partial charge in [-0.2, -0.15) is 0 Å². The lowest BCUT2D eigenvalue weighted by molar-refractivity contribution is -0.121. The predicted octanol–water partition coefficient (Wildman–Crippen LogP) is 4.98. The molecule has 0 atom stereocenters. The molecule has 0 bridgehead atoms. The summed E-state index contributed by atoms with van der Waals surface area (Å²) in [5.74, 6) is 1.55. The highest BCUT2D eigenvalue weighted by Crippen LogP contribution is 2.33. The lowest BCUT2D eigenvalue weighted by atomic mass is 10.1. The highest BCUT2D eigenvalue weighted by Gasteiger charge is 2.28. The summed E-state index contributed by atoms with van der Waals surface area (Å²) in [4.78, 5) is 14.3. The number of ether oxygens (including phenoxy) is 2. The van der Waals surface area contributed by atoms with Crippen molar-refractivity contribution in [1.82, 2.24) is 4.90 Å². The number of thioether (sulfide) groups is 1. The van der Waals surface area contributed by atoms with Crippen LogP contribution in [-0.2, 0) is 4.79 Å². The highest BCUT2D eigenvalue weighted by atomic mass is 32.2. The minimum atomic E-state index is -0.0772. The van der Waals surface area contributed by atoms with Gasteiger partial charge in [-0.15, -0.1) is 0 Å². The van der Waals surface area contributed by atoms with Gasteiger partial charge < -0.3 is 9.47 Å². The molecule has 1 saturated heterocycles. The molecule has 0 unspecified atom stereocenters. The van der Waals surface area contributed by atoms with E-state index in [4.69, 9.17) is 21.7 Å². The van der Waals surface area contributed by atoms with Gasteiger partial charge in [-0.1, -0.05) is 48.2 Å². The summed E-state index contributed by atoms with van der Waals surface area (Å²) in [6.45, 7) is 5.28. The Kier molecular flexibility index (Phi) is 6.75. The zero-order chi connectivity index (χ0) is 20.1. The zero-order valence-corrected chi connectivity index (χ0v) is 17.9. The van der Waals surface area contributed by atoms with Crippen molar-refractivity contribution >= 4 is 40.3 Å². The SMILES string of the molecule is Cc1ccc(OCCCOc2ccccc2/C=C2/SC(=S)N(C)C2=O)cc1C. The van der Waals surface area contributed by atoms with Gasteiger partial charge >= 0.3 is 0 Å². The largest absolute Gasteiger partial charge is 0.493 e. The van der Waals surface area contributed by atoms with Gasteiger partial charge in [-0.3, -0.25) is 9.69 Å². The van der Waals surface area contributed by atoms with E-state index < -0.39 is 0 Å². The fraction of sp³-hybridized carbons (Fsp3) is 0.273. The van der Waals surface area contributed by atoms with Crippen LogP contribution >= 0.6 is 24.0 Å². The van der Waals surface area contributed by atoms with Gasteiger partial charge in [-0.25, -0.2) is 0 Å². The van der Waals surface area contributed by atoms with E-state index in [-0.39, 0.29) is 5.91 Å². The molecule has 1 heterocycles. The summed E-state index contributed by atoms with van der Waals surface area (Å²) in [5.41, 5.74) is 3.35. The van der Waals surface area contributed by atoms with Crippen LogP contribution < -0.4 is 9.47 Å². The van der Waals surface area contributed by atoms with Gasteiger partial charge in [-0.05, 0) is 49.2 Å². The smallest absolute Gasteiger partial charge is 0.265 e. The first-order valence-corrected chi connectivity index (χ1v) is 10.3. The molecule has 28 heavy (non-hydrogen) atoms. The van der Waals surface area contributed by atoms with Crippen LogP contribution in [0.5, 0.6) is 11.5 Å². The number of thiocarbonyl (C=S) groups is 1. The van der Waals surface area contributed by atoms with Crippen LogP contribution in [0.4, 0.5) is 0 Å². The number of nitrogens with zero attached hydrogens (tertiary/aromatic N) is 1. The van der Waals surface area contributed by atoms with E-state index in [1.165, 1.54) is 27.8 Å². The molecule has 0 saturated carbocycles. The van der Waals surface area contributed by atoms with Crippen molar-refractivity contribution in [2.45, 2.75) is 20.3 Å². The van der Waals surface area contributed by atoms with E-state index in [0.717, 1.165) is 23.5 Å². The molecule has 0 aliphatic carbocycles. The molecule has 6 heteroatoms. The minimum absolute atomic E-state index is 0.0772. The van der Waals surface area contributed by atoms with Crippen molar-refractivity contribution in [2.75, 3.05) is 20.3 Å². The molecule has 1 amide bonds. The maximum Gasteiger partial charge on any atom is 0.265 e. The molecule has 0 aromatic heterocycles. The summed E-state index contributed by atoms with van der Waals surface area (Å²) in [5, 5.41) is 0. The number of hydrogen-bond donors (Lipinski definition) is 0. The third-order valence-electron chi connectivity index (χ3n) is 4.49. The first-order valence-electron chi connectivity index (χ1n) is 9.09. The van der Waals surface area contributed by atoms with Crippen LogP contribution in [0.1, 0.15) is 23.1 Å². The van der Waals surface area contributed by atoms with Crippen molar-refractivity contribution in [3.8, 4) is 11.5 Å². The molecule has 0 N–H and O–H groups in total. The molecule has 1 aliphatic heterocycles. The summed E-state index contributed by atoms with van der Waals surface area (Å²) >= 11 is 6.49. The number of amides is 1. The number of likely N-dealkylation sites (N-methyl/N-ethyl adjacent to an activating group) is 1. The normalized spacial score (nSPS) is 15.4. The Morgan fingerprint density at radius 1 is 1.07 bits per heavy atom. The zero-order valence-electron chi connectivity index (χ0n) is 16.2. The number of benzene rings is 2. The molecule has 2 aromatic rings. The average Bonchev–Trinajstić information content (AvgIpc) is 2.92. The number of rotatable bonds is 7. The standard InChI is InChI=1S/C22H23NO3S2/c1-15-9-10-18(13-16(15)2)25-11-6-12-26-19-8-5-4-7-17(19)14-20-21(24)23(3)22(27)28-20/h4-5,7-10,13-14H,6,11-12H2,1-3H3/b20-14+. The maximum atomic E-state index is 12.2. The number of carbonyl (C=O) groups is 1. The topological polar surface area (TPSA) is 38.8 Å². The summed E-state index contributed by atoms with van der Waals surface area (Å²) in [7, 11) is 1.69. The molecule has 3 rings (SSSR count). The van der Waals surface area contributed by atoms with E-state index in [2.05, 4.69) is 26.0 Å². The predicted molar refractivity (Wildman–Crippen MR) is 119 cm³/mol. The number of carbonyl (C=O) groups excluding carboxylic acids is 1. The van der Waals surface area contributed by atoms with Crippen molar-refractivity contribution in [3.63, 3.8) is 0 Å². The highest BCUT2D eigenvalue weighted by molar-refractivity contribution is 8.26. The molecule has 1 aliphatic rings. The number of para-hydroxylation sites is 1. The Labute approximate surface area is 175 Å². The molecule has 2 aromatic carbocycles. The van der Waals surface area contributed by atoms with E-state index in [1.807, 2.05) is 36.4 Å². The summed E-state index contributed by atoms with van der Waals surface area (Å²) in [6, 6.07) is 13.8. The third-order valence-corrected chi connectivity index (χ3v) is 5.97. The fourth-order valence-electron chi connectivity index (χ4n) is 2.65. The van der Waals surface area contributed by atoms with Crippen molar-refractivity contribution in [1.29, 1.82) is 0 Å². The second kappa shape index (κ2) is 9.26. The molecule has 4 nitrogen and oxygen atoms in total. The van der Waals surface area contributed by atoms with E-state index in [1.54, 1.807) is 7.05 Å². The van der Waals surface area contributed by atoms with Gasteiger partial charge in [0.05, 0.1) is 18.1 Å². The van der Waals surface area contributed by atoms with E-state index in [0.29, 0.717) is 22.4 Å². The van der Waals surface area contributed by atoms with Crippen LogP contribution in [0, 0.1) is 13.8 Å². The van der Waals surface area contributed by atoms with Crippen LogP contribution in [0.3, 0.4) is 0 Å². The Morgan fingerprint density at radius 2 is 1.82 bits per heavy atom. The Hall–Kier alpha value is -2.31. The molecule has 146 valence electrons. The number of hydrogen-bond acceptors (Lipinski definition) is 5. The lowest BCUT2D eigenvalue weighted by Crippen LogP contribution is -2.22. The lowest BCUT2D eigenvalue weighted by Gasteiger charge is -2.11. The molecule has 1 fully saturated rings. The van der Waals surface area contributed by atoms with Gasteiger partial charge in [0, 0.05) is 19.0 Å². The molecule has 0 spiro atoms. The summed E-state index contributed by atoms with van der Waals surface area (Å²) < 4.78 is 12.3. The van der Waals surface area contributed by atoms with Gasteiger partial charge in [0.15, 0.2) is 0 Å². The van der Waals surface area contributed by atoms with Crippen molar-refractivity contribution in [2.24, 2.45) is 0 Å². The Bertz CT molecular complexity index is 924.